The average Bonchev–Trinajstić information content (AvgIpc) is 2.77. The molecule has 1 saturated heterocycles. The van der Waals surface area contributed by atoms with Gasteiger partial charge in [0, 0.05) is 53.1 Å². The molecule has 1 amide bonds. The summed E-state index contributed by atoms with van der Waals surface area (Å²) in [5.41, 5.74) is 8.77. The molecule has 1 fully saturated rings. The van der Waals surface area contributed by atoms with Crippen LogP contribution in [0.1, 0.15) is 11.1 Å². The Morgan fingerprint density at radius 3 is 2.75 bits per heavy atom. The number of nitrogens with one attached hydrogen (secondary N) is 1. The number of benzene rings is 2. The molecule has 2 aromatic heterocycles. The Morgan fingerprint density at radius 2 is 1.91 bits per heavy atom. The maximum atomic E-state index is 12.8. The Morgan fingerprint density at radius 1 is 1.03 bits per heavy atom. The largest absolute Gasteiger partial charge is 0.383 e. The number of amides is 1. The van der Waals surface area contributed by atoms with E-state index in [4.69, 9.17) is 17.3 Å². The van der Waals surface area contributed by atoms with Crippen molar-refractivity contribution in [1.29, 1.82) is 0 Å². The highest BCUT2D eigenvalue weighted by Crippen LogP contribution is 2.22. The molecule has 162 valence electrons. The van der Waals surface area contributed by atoms with Crippen LogP contribution >= 0.6 is 11.6 Å². The number of nitrogen functional groups attached to an aromatic ring is 1. The number of rotatable bonds is 4. The van der Waals surface area contributed by atoms with Crippen molar-refractivity contribution in [3.8, 4) is 0 Å². The first-order chi connectivity index (χ1) is 15.5. The van der Waals surface area contributed by atoms with E-state index in [-0.39, 0.29) is 18.0 Å². The van der Waals surface area contributed by atoms with Crippen molar-refractivity contribution in [2.45, 2.75) is 13.1 Å². The standard InChI is InChI=1S/C23H21ClN6O2/c24-18-2-1-3-19-17(18)9-15(23(32)28-19)11-29-6-7-30(21(31)12-29)10-14-4-5-16-20(8-14)26-13-27-22(16)25/h1-5,8-9,13H,6-7,10-12H2,(H,28,32)(H2,25,26,27). The van der Waals surface area contributed by atoms with Crippen LogP contribution in [0.15, 0.2) is 53.6 Å². The molecule has 0 unspecified atom stereocenters. The van der Waals surface area contributed by atoms with Gasteiger partial charge in [0.05, 0.1) is 12.1 Å². The van der Waals surface area contributed by atoms with E-state index in [1.54, 1.807) is 12.1 Å². The molecular weight excluding hydrogens is 428 g/mol. The summed E-state index contributed by atoms with van der Waals surface area (Å²) >= 11 is 6.28. The summed E-state index contributed by atoms with van der Waals surface area (Å²) in [4.78, 5) is 40.2. The molecule has 0 radical (unpaired) electrons. The van der Waals surface area contributed by atoms with Gasteiger partial charge in [0.2, 0.25) is 5.91 Å². The van der Waals surface area contributed by atoms with Crippen LogP contribution in [0.2, 0.25) is 5.02 Å². The number of aromatic amines is 1. The van der Waals surface area contributed by atoms with Crippen molar-refractivity contribution in [2.24, 2.45) is 0 Å². The Kier molecular flexibility index (Phi) is 5.24. The van der Waals surface area contributed by atoms with Crippen LogP contribution in [0.4, 0.5) is 5.82 Å². The molecule has 0 aliphatic carbocycles. The molecule has 5 rings (SSSR count). The molecular formula is C23H21ClN6O2. The number of nitrogens with two attached hydrogens (primary N) is 1. The molecule has 0 atom stereocenters. The van der Waals surface area contributed by atoms with Crippen LogP contribution in [-0.4, -0.2) is 50.3 Å². The van der Waals surface area contributed by atoms with Crippen molar-refractivity contribution in [2.75, 3.05) is 25.4 Å². The molecule has 1 aliphatic heterocycles. The van der Waals surface area contributed by atoms with Gasteiger partial charge in [-0.2, -0.15) is 0 Å². The van der Waals surface area contributed by atoms with Gasteiger partial charge in [0.25, 0.3) is 5.56 Å². The molecule has 0 spiro atoms. The van der Waals surface area contributed by atoms with Gasteiger partial charge in [-0.3, -0.25) is 14.5 Å². The van der Waals surface area contributed by atoms with Crippen LogP contribution in [0.25, 0.3) is 21.8 Å². The number of halogens is 1. The molecule has 0 bridgehead atoms. The van der Waals surface area contributed by atoms with E-state index in [0.29, 0.717) is 48.1 Å². The molecule has 8 nitrogen and oxygen atoms in total. The van der Waals surface area contributed by atoms with Gasteiger partial charge in [0.1, 0.15) is 12.1 Å². The van der Waals surface area contributed by atoms with Crippen molar-refractivity contribution in [1.82, 2.24) is 24.8 Å². The number of nitrogens with zero attached hydrogens (tertiary/aromatic N) is 4. The van der Waals surface area contributed by atoms with E-state index >= 15 is 0 Å². The Balaban J connectivity index is 1.28. The number of hydrogen-bond acceptors (Lipinski definition) is 6. The topological polar surface area (TPSA) is 108 Å². The zero-order valence-electron chi connectivity index (χ0n) is 17.2. The van der Waals surface area contributed by atoms with E-state index in [9.17, 15) is 9.59 Å². The van der Waals surface area contributed by atoms with Gasteiger partial charge in [-0.1, -0.05) is 23.7 Å². The first-order valence-electron chi connectivity index (χ1n) is 10.3. The number of anilines is 1. The highest BCUT2D eigenvalue weighted by molar-refractivity contribution is 6.35. The number of hydrogen-bond donors (Lipinski definition) is 2. The predicted octanol–water partition coefficient (Wildman–Crippen LogP) is 2.55. The number of carbonyl (C=O) groups excluding carboxylic acids is 1. The lowest BCUT2D eigenvalue weighted by atomic mass is 10.1. The third kappa shape index (κ3) is 3.90. The number of carbonyl (C=O) groups is 1. The summed E-state index contributed by atoms with van der Waals surface area (Å²) in [7, 11) is 0. The number of fused-ring (bicyclic) bond motifs is 2. The molecule has 0 saturated carbocycles. The van der Waals surface area contributed by atoms with Crippen LogP contribution in [0.3, 0.4) is 0 Å². The van der Waals surface area contributed by atoms with Crippen LogP contribution in [0.5, 0.6) is 0 Å². The van der Waals surface area contributed by atoms with Crippen molar-refractivity contribution < 1.29 is 4.79 Å². The van der Waals surface area contributed by atoms with Gasteiger partial charge in [-0.15, -0.1) is 0 Å². The van der Waals surface area contributed by atoms with Crippen molar-refractivity contribution in [3.63, 3.8) is 0 Å². The second-order valence-corrected chi connectivity index (χ2v) is 8.37. The average molecular weight is 449 g/mol. The second kappa shape index (κ2) is 8.22. The monoisotopic (exact) mass is 448 g/mol. The fourth-order valence-corrected chi connectivity index (χ4v) is 4.32. The molecule has 1 aliphatic rings. The van der Waals surface area contributed by atoms with E-state index < -0.39 is 0 Å². The SMILES string of the molecule is Nc1ncnc2cc(CN3CCN(Cc4cc5c(Cl)cccc5[nH]c4=O)CC3=O)ccc12. The van der Waals surface area contributed by atoms with Gasteiger partial charge in [-0.05, 0) is 35.9 Å². The second-order valence-electron chi connectivity index (χ2n) is 7.96. The molecule has 3 N–H and O–H groups in total. The van der Waals surface area contributed by atoms with Crippen molar-refractivity contribution in [3.05, 3.63) is 75.3 Å². The van der Waals surface area contributed by atoms with Gasteiger partial charge < -0.3 is 15.6 Å². The van der Waals surface area contributed by atoms with Crippen LogP contribution in [-0.2, 0) is 17.9 Å². The summed E-state index contributed by atoms with van der Waals surface area (Å²) in [6, 6.07) is 13.0. The predicted molar refractivity (Wildman–Crippen MR) is 124 cm³/mol. The minimum absolute atomic E-state index is 0.0220. The Hall–Kier alpha value is -3.49. The lowest BCUT2D eigenvalue weighted by molar-refractivity contribution is -0.136. The number of aromatic nitrogens is 3. The fraction of sp³-hybridized carbons (Fsp3) is 0.217. The quantitative estimate of drug-likeness (QED) is 0.496. The van der Waals surface area contributed by atoms with E-state index in [0.717, 1.165) is 21.9 Å². The maximum Gasteiger partial charge on any atom is 0.252 e. The Bertz CT molecular complexity index is 1400. The third-order valence-electron chi connectivity index (χ3n) is 5.81. The molecule has 4 aromatic rings. The van der Waals surface area contributed by atoms with E-state index in [2.05, 4.69) is 15.0 Å². The summed E-state index contributed by atoms with van der Waals surface area (Å²) in [5.74, 6) is 0.463. The summed E-state index contributed by atoms with van der Waals surface area (Å²) in [5, 5.41) is 2.19. The summed E-state index contributed by atoms with van der Waals surface area (Å²) < 4.78 is 0. The molecule has 9 heteroatoms. The van der Waals surface area contributed by atoms with Gasteiger partial charge in [-0.25, -0.2) is 9.97 Å². The highest BCUT2D eigenvalue weighted by Gasteiger charge is 2.25. The lowest BCUT2D eigenvalue weighted by Gasteiger charge is -2.34. The van der Waals surface area contributed by atoms with Gasteiger partial charge in [0.15, 0.2) is 0 Å². The fourth-order valence-electron chi connectivity index (χ4n) is 4.09. The summed E-state index contributed by atoms with van der Waals surface area (Å²) in [6.07, 6.45) is 1.44. The van der Waals surface area contributed by atoms with Crippen molar-refractivity contribution >= 4 is 45.1 Å². The lowest BCUT2D eigenvalue weighted by Crippen LogP contribution is -2.49. The smallest absolute Gasteiger partial charge is 0.252 e. The van der Waals surface area contributed by atoms with Crippen LogP contribution in [0, 0.1) is 0 Å². The van der Waals surface area contributed by atoms with Gasteiger partial charge >= 0.3 is 0 Å². The number of H-pyrrole nitrogens is 1. The first-order valence-corrected chi connectivity index (χ1v) is 10.7. The minimum Gasteiger partial charge on any atom is -0.383 e. The third-order valence-corrected chi connectivity index (χ3v) is 6.14. The normalized spacial score (nSPS) is 15.0. The molecule has 32 heavy (non-hydrogen) atoms. The van der Waals surface area contributed by atoms with Crippen LogP contribution < -0.4 is 11.3 Å². The molecule has 3 heterocycles. The minimum atomic E-state index is -0.160. The zero-order chi connectivity index (χ0) is 22.2. The Labute approximate surface area is 188 Å². The summed E-state index contributed by atoms with van der Waals surface area (Å²) in [6.45, 7) is 2.40. The number of pyridine rings is 1. The maximum absolute atomic E-state index is 12.8. The number of piperazine rings is 1. The zero-order valence-corrected chi connectivity index (χ0v) is 18.0. The van der Waals surface area contributed by atoms with E-state index in [1.165, 1.54) is 6.33 Å². The first kappa shape index (κ1) is 20.4. The molecule has 2 aromatic carbocycles. The van der Waals surface area contributed by atoms with E-state index in [1.807, 2.05) is 40.1 Å². The highest BCUT2D eigenvalue weighted by atomic mass is 35.5.